The maximum atomic E-state index is 13.0. The van der Waals surface area contributed by atoms with E-state index in [1.165, 1.54) is 0 Å². The van der Waals surface area contributed by atoms with E-state index in [-0.39, 0.29) is 18.2 Å². The number of hydrogen-bond acceptors (Lipinski definition) is 2. The zero-order chi connectivity index (χ0) is 19.9. The van der Waals surface area contributed by atoms with Gasteiger partial charge in [0.1, 0.15) is 0 Å². The molecule has 0 bridgehead atoms. The van der Waals surface area contributed by atoms with Gasteiger partial charge in [0.25, 0.3) is 5.91 Å². The molecule has 0 saturated heterocycles. The fourth-order valence-corrected chi connectivity index (χ4v) is 4.19. The predicted octanol–water partition coefficient (Wildman–Crippen LogP) is 5.26. The van der Waals surface area contributed by atoms with Crippen molar-refractivity contribution in [1.29, 1.82) is 0 Å². The molecule has 3 rings (SSSR count). The first-order valence-corrected chi connectivity index (χ1v) is 9.97. The molecule has 1 amide bonds. The van der Waals surface area contributed by atoms with E-state index in [1.807, 2.05) is 39.0 Å². The van der Waals surface area contributed by atoms with E-state index >= 15 is 0 Å². The number of nitrogens with one attached hydrogen (secondary N) is 1. The van der Waals surface area contributed by atoms with Gasteiger partial charge in [0, 0.05) is 40.6 Å². The summed E-state index contributed by atoms with van der Waals surface area (Å²) < 4.78 is 3.04. The first kappa shape index (κ1) is 19.6. The Morgan fingerprint density at radius 2 is 1.96 bits per heavy atom. The number of aromatic nitrogens is 1. The average Bonchev–Trinajstić information content (AvgIpc) is 2.89. The molecule has 4 nitrogen and oxygen atoms in total. The second-order valence-corrected chi connectivity index (χ2v) is 8.51. The van der Waals surface area contributed by atoms with E-state index in [0.717, 1.165) is 32.1 Å². The summed E-state index contributed by atoms with van der Waals surface area (Å²) in [6.07, 6.45) is 4.54. The van der Waals surface area contributed by atoms with E-state index in [0.29, 0.717) is 23.6 Å². The Morgan fingerprint density at radius 3 is 2.59 bits per heavy atom. The van der Waals surface area contributed by atoms with Crippen LogP contribution in [0.1, 0.15) is 56.1 Å². The maximum absolute atomic E-state index is 13.0. The first-order valence-electron chi connectivity index (χ1n) is 9.18. The molecule has 5 heteroatoms. The number of nitrogens with zero attached hydrogens (tertiary/aromatic N) is 1. The fourth-order valence-electron chi connectivity index (χ4n) is 3.75. The molecule has 0 spiro atoms. The predicted molar refractivity (Wildman–Crippen MR) is 113 cm³/mol. The molecule has 1 aliphatic rings. The number of halogens is 1. The minimum absolute atomic E-state index is 0.0920. The van der Waals surface area contributed by atoms with Gasteiger partial charge in [0.05, 0.1) is 11.1 Å². The Morgan fingerprint density at radius 1 is 1.26 bits per heavy atom. The van der Waals surface area contributed by atoms with Gasteiger partial charge >= 0.3 is 0 Å². The molecule has 1 N–H and O–H groups in total. The van der Waals surface area contributed by atoms with Crippen LogP contribution >= 0.6 is 15.9 Å². The van der Waals surface area contributed by atoms with Crippen molar-refractivity contribution in [3.8, 4) is 0 Å². The number of aryl methyl sites for hydroxylation is 1. The van der Waals surface area contributed by atoms with E-state index in [9.17, 15) is 9.59 Å². The SMILES string of the molecule is CC1=CC(C)=C(CNC(=O)c2cc(Br)cc3c2c(C)cn3C(C)C)C(=O)C1. The quantitative estimate of drug-likeness (QED) is 0.721. The third-order valence-corrected chi connectivity index (χ3v) is 5.49. The second kappa shape index (κ2) is 7.47. The third-order valence-electron chi connectivity index (χ3n) is 5.03. The molecule has 0 aliphatic heterocycles. The largest absolute Gasteiger partial charge is 0.348 e. The lowest BCUT2D eigenvalue weighted by molar-refractivity contribution is -0.115. The number of carbonyl (C=O) groups excluding carboxylic acids is 2. The van der Waals surface area contributed by atoms with Gasteiger partial charge in [-0.15, -0.1) is 0 Å². The van der Waals surface area contributed by atoms with E-state index in [4.69, 9.17) is 0 Å². The normalized spacial score (nSPS) is 14.9. The van der Waals surface area contributed by atoms with Gasteiger partial charge in [0.2, 0.25) is 0 Å². The molecule has 0 radical (unpaired) electrons. The van der Waals surface area contributed by atoms with Crippen LogP contribution in [-0.4, -0.2) is 22.8 Å². The molecule has 1 aromatic carbocycles. The van der Waals surface area contributed by atoms with Gasteiger partial charge in [-0.05, 0) is 57.9 Å². The van der Waals surface area contributed by atoms with Gasteiger partial charge in [-0.25, -0.2) is 0 Å². The number of amides is 1. The van der Waals surface area contributed by atoms with Crippen LogP contribution in [0.3, 0.4) is 0 Å². The van der Waals surface area contributed by atoms with Crippen molar-refractivity contribution >= 4 is 38.5 Å². The zero-order valence-electron chi connectivity index (χ0n) is 16.4. The minimum Gasteiger partial charge on any atom is -0.348 e. The fraction of sp³-hybridized carbons (Fsp3) is 0.364. The molecule has 142 valence electrons. The van der Waals surface area contributed by atoms with Crippen LogP contribution in [0.5, 0.6) is 0 Å². The Kier molecular flexibility index (Phi) is 5.43. The lowest BCUT2D eigenvalue weighted by Gasteiger charge is -2.16. The van der Waals surface area contributed by atoms with Crippen molar-refractivity contribution in [2.45, 2.75) is 47.1 Å². The summed E-state index contributed by atoms with van der Waals surface area (Å²) in [5.41, 5.74) is 5.42. The first-order chi connectivity index (χ1) is 12.7. The number of ketones is 1. The van der Waals surface area contributed by atoms with Crippen molar-refractivity contribution in [3.63, 3.8) is 0 Å². The van der Waals surface area contributed by atoms with Crippen molar-refractivity contribution in [2.24, 2.45) is 0 Å². The molecule has 0 unspecified atom stereocenters. The van der Waals surface area contributed by atoms with Crippen molar-refractivity contribution < 1.29 is 9.59 Å². The van der Waals surface area contributed by atoms with Gasteiger partial charge < -0.3 is 9.88 Å². The monoisotopic (exact) mass is 428 g/mol. The summed E-state index contributed by atoms with van der Waals surface area (Å²) in [7, 11) is 0. The Hall–Kier alpha value is -2.14. The Balaban J connectivity index is 1.95. The summed E-state index contributed by atoms with van der Waals surface area (Å²) in [6, 6.07) is 4.20. The van der Waals surface area contributed by atoms with Gasteiger partial charge in [-0.3, -0.25) is 9.59 Å². The van der Waals surface area contributed by atoms with E-state index in [2.05, 4.69) is 45.9 Å². The third kappa shape index (κ3) is 3.79. The number of fused-ring (bicyclic) bond motifs is 1. The topological polar surface area (TPSA) is 51.1 Å². The summed E-state index contributed by atoms with van der Waals surface area (Å²) in [5, 5.41) is 3.91. The zero-order valence-corrected chi connectivity index (χ0v) is 18.0. The summed E-state index contributed by atoms with van der Waals surface area (Å²) in [4.78, 5) is 25.3. The van der Waals surface area contributed by atoms with Crippen LogP contribution in [-0.2, 0) is 4.79 Å². The number of allylic oxidation sites excluding steroid dienone is 3. The number of carbonyl (C=O) groups is 2. The number of benzene rings is 1. The van der Waals surface area contributed by atoms with Crippen LogP contribution in [0.2, 0.25) is 0 Å². The average molecular weight is 429 g/mol. The van der Waals surface area contributed by atoms with Crippen LogP contribution in [0.4, 0.5) is 0 Å². The lowest BCUT2D eigenvalue weighted by atomic mass is 9.92. The van der Waals surface area contributed by atoms with E-state index < -0.39 is 0 Å². The summed E-state index contributed by atoms with van der Waals surface area (Å²) in [5.74, 6) is -0.0698. The standard InChI is InChI=1S/C22H25BrN2O2/c1-12(2)25-11-15(5)21-17(8-16(23)9-19(21)25)22(27)24-10-18-14(4)6-13(3)7-20(18)26/h6,8-9,11-12H,7,10H2,1-5H3,(H,24,27). The minimum atomic E-state index is -0.162. The van der Waals surface area contributed by atoms with Gasteiger partial charge in [-0.2, -0.15) is 0 Å². The molecule has 1 aromatic heterocycles. The molecule has 2 aromatic rings. The van der Waals surface area contributed by atoms with Gasteiger partial charge in [-0.1, -0.05) is 27.6 Å². The molecule has 27 heavy (non-hydrogen) atoms. The highest BCUT2D eigenvalue weighted by atomic mass is 79.9. The van der Waals surface area contributed by atoms with Crippen LogP contribution in [0.25, 0.3) is 10.9 Å². The van der Waals surface area contributed by atoms with Crippen LogP contribution in [0, 0.1) is 6.92 Å². The summed E-state index contributed by atoms with van der Waals surface area (Å²) >= 11 is 3.53. The number of Topliss-reactive ketones (excluding diaryl/α,β-unsaturated/α-hetero) is 1. The smallest absolute Gasteiger partial charge is 0.252 e. The number of hydrogen-bond donors (Lipinski definition) is 1. The molecule has 0 fully saturated rings. The van der Waals surface area contributed by atoms with Gasteiger partial charge in [0.15, 0.2) is 5.78 Å². The maximum Gasteiger partial charge on any atom is 0.252 e. The highest BCUT2D eigenvalue weighted by molar-refractivity contribution is 9.10. The van der Waals surface area contributed by atoms with Crippen molar-refractivity contribution in [2.75, 3.05) is 6.54 Å². The summed E-state index contributed by atoms with van der Waals surface area (Å²) in [6.45, 7) is 10.4. The highest BCUT2D eigenvalue weighted by Gasteiger charge is 2.21. The number of rotatable bonds is 4. The second-order valence-electron chi connectivity index (χ2n) is 7.60. The Labute approximate surface area is 168 Å². The molecule has 1 heterocycles. The highest BCUT2D eigenvalue weighted by Crippen LogP contribution is 2.31. The van der Waals surface area contributed by atoms with Crippen molar-refractivity contribution in [1.82, 2.24) is 9.88 Å². The van der Waals surface area contributed by atoms with Crippen LogP contribution in [0.15, 0.2) is 45.6 Å². The van der Waals surface area contributed by atoms with Crippen LogP contribution < -0.4 is 5.32 Å². The van der Waals surface area contributed by atoms with Crippen molar-refractivity contribution in [3.05, 3.63) is 56.7 Å². The molecule has 0 saturated carbocycles. The molecule has 1 aliphatic carbocycles. The molecule has 0 atom stereocenters. The Bertz CT molecular complexity index is 1010. The molecular weight excluding hydrogens is 404 g/mol. The van der Waals surface area contributed by atoms with E-state index in [1.54, 1.807) is 0 Å². The lowest BCUT2D eigenvalue weighted by Crippen LogP contribution is -2.29. The molecular formula is C22H25BrN2O2.